The number of amides is 2. The first kappa shape index (κ1) is 33.1. The first-order valence-electron chi connectivity index (χ1n) is 14.2. The van der Waals surface area contributed by atoms with Gasteiger partial charge in [-0.15, -0.1) is 0 Å². The topological polar surface area (TPSA) is 96.0 Å². The summed E-state index contributed by atoms with van der Waals surface area (Å²) in [6.07, 6.45) is 2.64. The van der Waals surface area contributed by atoms with Crippen molar-refractivity contribution in [1.82, 2.24) is 10.2 Å². The average molecular weight is 659 g/mol. The molecule has 0 heterocycles. The highest BCUT2D eigenvalue weighted by Crippen LogP contribution is 2.23. The number of rotatable bonds is 16. The van der Waals surface area contributed by atoms with Crippen LogP contribution in [0.15, 0.2) is 83.3 Å². The van der Waals surface area contributed by atoms with Crippen LogP contribution in [0.4, 0.5) is 5.69 Å². The number of carbonyl (C=O) groups excluding carboxylic acids is 2. The van der Waals surface area contributed by atoms with Crippen LogP contribution in [0.3, 0.4) is 0 Å². The Hall–Kier alpha value is -3.37. The van der Waals surface area contributed by atoms with Crippen LogP contribution in [0.25, 0.3) is 0 Å². The van der Waals surface area contributed by atoms with Crippen molar-refractivity contribution >= 4 is 43.5 Å². The van der Waals surface area contributed by atoms with E-state index in [0.29, 0.717) is 31.0 Å². The molecule has 0 aromatic heterocycles. The molecule has 42 heavy (non-hydrogen) atoms. The lowest BCUT2D eigenvalue weighted by Gasteiger charge is -2.32. The lowest BCUT2D eigenvalue weighted by Crippen LogP contribution is -2.50. The van der Waals surface area contributed by atoms with E-state index in [1.807, 2.05) is 68.4 Å². The van der Waals surface area contributed by atoms with Gasteiger partial charge in [0.25, 0.3) is 0 Å². The molecule has 3 aromatic rings. The molecule has 0 saturated carbocycles. The van der Waals surface area contributed by atoms with Crippen molar-refractivity contribution in [2.24, 2.45) is 0 Å². The van der Waals surface area contributed by atoms with Gasteiger partial charge in [0.15, 0.2) is 0 Å². The number of hydrogen-bond acceptors (Lipinski definition) is 5. The predicted octanol–water partition coefficient (Wildman–Crippen LogP) is 5.56. The van der Waals surface area contributed by atoms with Crippen LogP contribution in [0.1, 0.15) is 44.2 Å². The van der Waals surface area contributed by atoms with Crippen LogP contribution in [0.2, 0.25) is 0 Å². The number of carbonyl (C=O) groups is 2. The molecule has 0 fully saturated rings. The van der Waals surface area contributed by atoms with Crippen molar-refractivity contribution in [3.63, 3.8) is 0 Å². The van der Waals surface area contributed by atoms with E-state index in [0.717, 1.165) is 28.3 Å². The summed E-state index contributed by atoms with van der Waals surface area (Å²) in [6.45, 7) is 5.24. The maximum absolute atomic E-state index is 13.9. The molecule has 226 valence electrons. The predicted molar refractivity (Wildman–Crippen MR) is 171 cm³/mol. The monoisotopic (exact) mass is 657 g/mol. The normalized spacial score (nSPS) is 11.9. The summed E-state index contributed by atoms with van der Waals surface area (Å²) in [5, 5.41) is 2.97. The van der Waals surface area contributed by atoms with Crippen molar-refractivity contribution < 1.29 is 22.7 Å². The molecule has 1 unspecified atom stereocenters. The molecule has 0 spiro atoms. The van der Waals surface area contributed by atoms with Crippen molar-refractivity contribution in [3.8, 4) is 5.75 Å². The Morgan fingerprint density at radius 1 is 0.952 bits per heavy atom. The van der Waals surface area contributed by atoms with E-state index >= 15 is 0 Å². The standard InChI is InChI=1S/C32H40BrN3O5S/c1-4-20-34-32(38)30(23-25-11-7-6-8-12-25)35(24-26-13-9-14-27(33)22-26)31(37)15-10-21-36(42(3,39)40)28-16-18-29(19-17-28)41-5-2/h6-9,11-14,16-19,22,30H,4-5,10,15,20-21,23-24H2,1-3H3,(H,34,38). The van der Waals surface area contributed by atoms with E-state index in [1.165, 1.54) is 4.31 Å². The molecule has 0 radical (unpaired) electrons. The van der Waals surface area contributed by atoms with Crippen molar-refractivity contribution in [2.45, 2.75) is 52.1 Å². The molecular weight excluding hydrogens is 618 g/mol. The molecule has 3 rings (SSSR count). The second kappa shape index (κ2) is 16.3. The zero-order chi connectivity index (χ0) is 30.5. The van der Waals surface area contributed by atoms with Crippen molar-refractivity contribution in [3.05, 3.63) is 94.5 Å². The lowest BCUT2D eigenvalue weighted by molar-refractivity contribution is -0.141. The van der Waals surface area contributed by atoms with E-state index in [2.05, 4.69) is 21.2 Å². The third kappa shape index (κ3) is 10.2. The number of hydrogen-bond donors (Lipinski definition) is 1. The van der Waals surface area contributed by atoms with Crippen LogP contribution in [-0.2, 0) is 32.6 Å². The summed E-state index contributed by atoms with van der Waals surface area (Å²) in [7, 11) is -3.60. The molecule has 1 atom stereocenters. The number of ether oxygens (including phenoxy) is 1. The van der Waals surface area contributed by atoms with Gasteiger partial charge >= 0.3 is 0 Å². The van der Waals surface area contributed by atoms with Gasteiger partial charge in [-0.3, -0.25) is 13.9 Å². The Morgan fingerprint density at radius 3 is 2.26 bits per heavy atom. The molecular formula is C32H40BrN3O5S. The minimum Gasteiger partial charge on any atom is -0.494 e. The zero-order valence-electron chi connectivity index (χ0n) is 24.5. The summed E-state index contributed by atoms with van der Waals surface area (Å²) in [4.78, 5) is 29.0. The third-order valence-corrected chi connectivity index (χ3v) is 8.34. The molecule has 0 saturated heterocycles. The lowest BCUT2D eigenvalue weighted by atomic mass is 10.0. The second-order valence-electron chi connectivity index (χ2n) is 10.0. The highest BCUT2D eigenvalue weighted by Gasteiger charge is 2.30. The van der Waals surface area contributed by atoms with Gasteiger partial charge in [-0.05, 0) is 67.3 Å². The second-order valence-corrected chi connectivity index (χ2v) is 12.8. The number of sulfonamides is 1. The number of nitrogens with one attached hydrogen (secondary N) is 1. The maximum atomic E-state index is 13.9. The molecule has 0 aliphatic heterocycles. The molecule has 8 nitrogen and oxygen atoms in total. The Bertz CT molecular complexity index is 1400. The Labute approximate surface area is 258 Å². The van der Waals surface area contributed by atoms with Gasteiger partial charge in [-0.1, -0.05) is 65.3 Å². The largest absolute Gasteiger partial charge is 0.494 e. The van der Waals surface area contributed by atoms with E-state index < -0.39 is 16.1 Å². The summed E-state index contributed by atoms with van der Waals surface area (Å²) in [6, 6.07) is 23.4. The van der Waals surface area contributed by atoms with Gasteiger partial charge in [0.05, 0.1) is 18.6 Å². The average Bonchev–Trinajstić information content (AvgIpc) is 2.96. The van der Waals surface area contributed by atoms with Gasteiger partial charge in [0, 0.05) is 36.9 Å². The van der Waals surface area contributed by atoms with Crippen LogP contribution < -0.4 is 14.4 Å². The molecule has 3 aromatic carbocycles. The minimum absolute atomic E-state index is 0.0728. The molecule has 10 heteroatoms. The number of nitrogens with zero attached hydrogens (tertiary/aromatic N) is 2. The fourth-order valence-corrected chi connectivity index (χ4v) is 6.04. The van der Waals surface area contributed by atoms with Crippen LogP contribution >= 0.6 is 15.9 Å². The quantitative estimate of drug-likeness (QED) is 0.218. The summed E-state index contributed by atoms with van der Waals surface area (Å²) in [5.74, 6) is 0.220. The molecule has 2 amide bonds. The SMILES string of the molecule is CCCNC(=O)C(Cc1ccccc1)N(Cc1cccc(Br)c1)C(=O)CCCN(c1ccc(OCC)cc1)S(C)(=O)=O. The van der Waals surface area contributed by atoms with Crippen LogP contribution in [0.5, 0.6) is 5.75 Å². The Morgan fingerprint density at radius 2 is 1.64 bits per heavy atom. The molecule has 0 aliphatic carbocycles. The van der Waals surface area contributed by atoms with Gasteiger partial charge < -0.3 is 15.0 Å². The fraction of sp³-hybridized carbons (Fsp3) is 0.375. The number of benzene rings is 3. The van der Waals surface area contributed by atoms with Gasteiger partial charge in [-0.25, -0.2) is 8.42 Å². The summed E-state index contributed by atoms with van der Waals surface area (Å²) >= 11 is 3.50. The van der Waals surface area contributed by atoms with E-state index in [-0.39, 0.29) is 37.7 Å². The summed E-state index contributed by atoms with van der Waals surface area (Å²) in [5.41, 5.74) is 2.33. The van der Waals surface area contributed by atoms with Crippen LogP contribution in [-0.4, -0.2) is 57.1 Å². The maximum Gasteiger partial charge on any atom is 0.243 e. The third-order valence-electron chi connectivity index (χ3n) is 6.65. The Balaban J connectivity index is 1.85. The van der Waals surface area contributed by atoms with Gasteiger partial charge in [0.2, 0.25) is 21.8 Å². The highest BCUT2D eigenvalue weighted by molar-refractivity contribution is 9.10. The molecule has 0 bridgehead atoms. The van der Waals surface area contributed by atoms with Gasteiger partial charge in [0.1, 0.15) is 11.8 Å². The summed E-state index contributed by atoms with van der Waals surface area (Å²) < 4.78 is 33.0. The zero-order valence-corrected chi connectivity index (χ0v) is 26.9. The number of halogens is 1. The first-order valence-corrected chi connectivity index (χ1v) is 16.8. The highest BCUT2D eigenvalue weighted by atomic mass is 79.9. The van der Waals surface area contributed by atoms with E-state index in [9.17, 15) is 18.0 Å². The van der Waals surface area contributed by atoms with E-state index in [1.54, 1.807) is 29.2 Å². The van der Waals surface area contributed by atoms with Gasteiger partial charge in [-0.2, -0.15) is 0 Å². The smallest absolute Gasteiger partial charge is 0.243 e. The molecule has 1 N–H and O–H groups in total. The molecule has 0 aliphatic rings. The minimum atomic E-state index is -3.60. The number of anilines is 1. The Kier molecular flexibility index (Phi) is 12.9. The van der Waals surface area contributed by atoms with E-state index in [4.69, 9.17) is 4.74 Å². The fourth-order valence-electron chi connectivity index (χ4n) is 4.63. The van der Waals surface area contributed by atoms with Crippen molar-refractivity contribution in [2.75, 3.05) is 30.3 Å². The first-order chi connectivity index (χ1) is 20.1. The van der Waals surface area contributed by atoms with Crippen LogP contribution in [0, 0.1) is 0 Å². The van der Waals surface area contributed by atoms with Crippen molar-refractivity contribution in [1.29, 1.82) is 0 Å².